The quantitative estimate of drug-likeness (QED) is 0.286. The predicted molar refractivity (Wildman–Crippen MR) is 115 cm³/mol. The van der Waals surface area contributed by atoms with Gasteiger partial charge >= 0.3 is 0 Å². The Morgan fingerprint density at radius 2 is 1.60 bits per heavy atom. The number of nitrogens with one attached hydrogen (secondary N) is 1. The van der Waals surface area contributed by atoms with Crippen LogP contribution in [0.1, 0.15) is 83.6 Å². The lowest BCUT2D eigenvalue weighted by molar-refractivity contribution is 0.130. The summed E-state index contributed by atoms with van der Waals surface area (Å²) in [6.45, 7) is 7.37. The van der Waals surface area contributed by atoms with E-state index in [9.17, 15) is 0 Å². The maximum atomic E-state index is 5.52. The van der Waals surface area contributed by atoms with Crippen molar-refractivity contribution in [2.45, 2.75) is 84.5 Å². The van der Waals surface area contributed by atoms with Crippen LogP contribution in [0.2, 0.25) is 0 Å². The zero-order valence-electron chi connectivity index (χ0n) is 16.4. The molecule has 0 saturated carbocycles. The number of rotatable bonds is 16. The van der Waals surface area contributed by atoms with Gasteiger partial charge in [-0.2, -0.15) is 0 Å². The summed E-state index contributed by atoms with van der Waals surface area (Å²) in [7, 11) is 0. The van der Waals surface area contributed by atoms with Crippen LogP contribution in [-0.2, 0) is 11.2 Å². The third-order valence-corrected chi connectivity index (χ3v) is 4.99. The number of hydrogen-bond donors (Lipinski definition) is 1. The fourth-order valence-electron chi connectivity index (χ4n) is 3.01. The number of unbranched alkanes of at least 4 members (excludes halogenated alkanes) is 7. The van der Waals surface area contributed by atoms with Gasteiger partial charge in [-0.05, 0) is 55.9 Å². The van der Waals surface area contributed by atoms with Crippen molar-refractivity contribution in [2.75, 3.05) is 25.1 Å². The van der Waals surface area contributed by atoms with E-state index in [0.717, 1.165) is 26.2 Å². The van der Waals surface area contributed by atoms with Gasteiger partial charge in [-0.25, -0.2) is 0 Å². The molecule has 0 fully saturated rings. The third-order valence-electron chi connectivity index (χ3n) is 4.50. The van der Waals surface area contributed by atoms with E-state index in [1.165, 1.54) is 79.9 Å². The lowest BCUT2D eigenvalue weighted by Crippen LogP contribution is -2.04. The summed E-state index contributed by atoms with van der Waals surface area (Å²) in [5.74, 6) is 0. The summed E-state index contributed by atoms with van der Waals surface area (Å²) in [5.41, 5.74) is 2.78. The molecule has 0 unspecified atom stereocenters. The van der Waals surface area contributed by atoms with E-state index >= 15 is 0 Å². The smallest absolute Gasteiger partial charge is 0.0466 e. The topological polar surface area (TPSA) is 21.3 Å². The molecule has 1 aromatic rings. The highest BCUT2D eigenvalue weighted by atomic mass is 79.9. The van der Waals surface area contributed by atoms with Gasteiger partial charge in [0.1, 0.15) is 0 Å². The molecule has 0 atom stereocenters. The standard InChI is InChI=1S/C22H38BrNO/c1-3-5-10-13-20-19-21(23)14-15-22(20)24-16-11-8-6-7-9-12-18-25-17-4-2/h14-15,19,24H,3-13,16-18H2,1-2H3. The normalized spacial score (nSPS) is 11.0. The lowest BCUT2D eigenvalue weighted by Gasteiger charge is -2.13. The van der Waals surface area contributed by atoms with E-state index in [0.29, 0.717) is 0 Å². The maximum absolute atomic E-state index is 5.52. The summed E-state index contributed by atoms with van der Waals surface area (Å²) in [4.78, 5) is 0. The van der Waals surface area contributed by atoms with E-state index in [-0.39, 0.29) is 0 Å². The van der Waals surface area contributed by atoms with Crippen molar-refractivity contribution in [2.24, 2.45) is 0 Å². The van der Waals surface area contributed by atoms with E-state index < -0.39 is 0 Å². The van der Waals surface area contributed by atoms with Crippen molar-refractivity contribution in [3.05, 3.63) is 28.2 Å². The Balaban J connectivity index is 2.11. The third kappa shape index (κ3) is 11.6. The Labute approximate surface area is 164 Å². The number of aryl methyl sites for hydroxylation is 1. The molecule has 0 amide bonds. The molecule has 0 spiro atoms. The van der Waals surface area contributed by atoms with Crippen LogP contribution in [0.5, 0.6) is 0 Å². The fraction of sp³-hybridized carbons (Fsp3) is 0.727. The molecule has 1 aromatic carbocycles. The molecule has 0 saturated heterocycles. The van der Waals surface area contributed by atoms with Gasteiger partial charge in [0.05, 0.1) is 0 Å². The number of hydrogen-bond acceptors (Lipinski definition) is 2. The van der Waals surface area contributed by atoms with Crippen molar-refractivity contribution < 1.29 is 4.74 Å². The van der Waals surface area contributed by atoms with Crippen molar-refractivity contribution in [3.63, 3.8) is 0 Å². The number of ether oxygens (including phenoxy) is 1. The number of benzene rings is 1. The Bertz CT molecular complexity index is 436. The molecule has 0 aliphatic carbocycles. The lowest BCUT2D eigenvalue weighted by atomic mass is 10.0. The summed E-state index contributed by atoms with van der Waals surface area (Å²) in [5, 5.41) is 3.65. The van der Waals surface area contributed by atoms with Gasteiger partial charge in [-0.15, -0.1) is 0 Å². The molecule has 0 aromatic heterocycles. The molecule has 2 nitrogen and oxygen atoms in total. The largest absolute Gasteiger partial charge is 0.385 e. The molecule has 0 radical (unpaired) electrons. The van der Waals surface area contributed by atoms with Crippen LogP contribution in [-0.4, -0.2) is 19.8 Å². The van der Waals surface area contributed by atoms with Crippen molar-refractivity contribution in [1.82, 2.24) is 0 Å². The minimum atomic E-state index is 0.919. The van der Waals surface area contributed by atoms with Crippen LogP contribution in [0, 0.1) is 0 Å². The molecular formula is C22H38BrNO. The summed E-state index contributed by atoms with van der Waals surface area (Å²) in [6, 6.07) is 6.65. The fourth-order valence-corrected chi connectivity index (χ4v) is 3.42. The van der Waals surface area contributed by atoms with Gasteiger partial charge in [0.25, 0.3) is 0 Å². The molecular weight excluding hydrogens is 374 g/mol. The first-order chi connectivity index (χ1) is 12.3. The van der Waals surface area contributed by atoms with E-state index in [2.05, 4.69) is 53.3 Å². The van der Waals surface area contributed by atoms with Crippen LogP contribution >= 0.6 is 15.9 Å². The van der Waals surface area contributed by atoms with Crippen LogP contribution in [0.4, 0.5) is 5.69 Å². The van der Waals surface area contributed by atoms with Crippen LogP contribution < -0.4 is 5.32 Å². The van der Waals surface area contributed by atoms with Gasteiger partial charge < -0.3 is 10.1 Å². The molecule has 1 rings (SSSR count). The van der Waals surface area contributed by atoms with E-state index in [4.69, 9.17) is 4.74 Å². The van der Waals surface area contributed by atoms with E-state index in [1.807, 2.05) is 0 Å². The number of anilines is 1. The molecule has 0 heterocycles. The van der Waals surface area contributed by atoms with E-state index in [1.54, 1.807) is 0 Å². The molecule has 0 aliphatic heterocycles. The van der Waals surface area contributed by atoms with Gasteiger partial charge in [-0.3, -0.25) is 0 Å². The average molecular weight is 412 g/mol. The zero-order valence-corrected chi connectivity index (χ0v) is 18.0. The second-order valence-electron chi connectivity index (χ2n) is 6.92. The highest BCUT2D eigenvalue weighted by molar-refractivity contribution is 9.10. The van der Waals surface area contributed by atoms with Crippen LogP contribution in [0.3, 0.4) is 0 Å². The molecule has 3 heteroatoms. The van der Waals surface area contributed by atoms with Crippen LogP contribution in [0.15, 0.2) is 22.7 Å². The van der Waals surface area contributed by atoms with Gasteiger partial charge in [0.2, 0.25) is 0 Å². The number of halogens is 1. The Morgan fingerprint density at radius 1 is 0.840 bits per heavy atom. The van der Waals surface area contributed by atoms with Crippen LogP contribution in [0.25, 0.3) is 0 Å². The van der Waals surface area contributed by atoms with Crippen molar-refractivity contribution in [1.29, 1.82) is 0 Å². The highest BCUT2D eigenvalue weighted by Crippen LogP contribution is 2.23. The molecule has 1 N–H and O–H groups in total. The first kappa shape index (κ1) is 22.5. The Morgan fingerprint density at radius 3 is 2.36 bits per heavy atom. The zero-order chi connectivity index (χ0) is 18.2. The van der Waals surface area contributed by atoms with Gasteiger partial charge in [0, 0.05) is 29.9 Å². The summed E-state index contributed by atoms with van der Waals surface area (Å²) >= 11 is 3.61. The van der Waals surface area contributed by atoms with Gasteiger partial charge in [0.15, 0.2) is 0 Å². The molecule has 25 heavy (non-hydrogen) atoms. The average Bonchev–Trinajstić information content (AvgIpc) is 2.61. The highest BCUT2D eigenvalue weighted by Gasteiger charge is 2.03. The Hall–Kier alpha value is -0.540. The summed E-state index contributed by atoms with van der Waals surface area (Å²) in [6.07, 6.45) is 14.0. The molecule has 0 bridgehead atoms. The predicted octanol–water partition coefficient (Wildman–Crippen LogP) is 7.36. The second kappa shape index (κ2) is 15.7. The SMILES string of the molecule is CCCCCc1cc(Br)ccc1NCCCCCCCCOCCC. The second-order valence-corrected chi connectivity index (χ2v) is 7.83. The minimum absolute atomic E-state index is 0.919. The van der Waals surface area contributed by atoms with Gasteiger partial charge in [-0.1, -0.05) is 68.3 Å². The maximum Gasteiger partial charge on any atom is 0.0466 e. The first-order valence-corrected chi connectivity index (χ1v) is 11.2. The first-order valence-electron chi connectivity index (χ1n) is 10.4. The molecule has 0 aliphatic rings. The molecule has 144 valence electrons. The van der Waals surface area contributed by atoms with Crippen molar-refractivity contribution >= 4 is 21.6 Å². The Kier molecular flexibility index (Phi) is 14.1. The monoisotopic (exact) mass is 411 g/mol. The minimum Gasteiger partial charge on any atom is -0.385 e. The summed E-state index contributed by atoms with van der Waals surface area (Å²) < 4.78 is 6.71. The van der Waals surface area contributed by atoms with Crippen molar-refractivity contribution in [3.8, 4) is 0 Å².